The molecule has 0 saturated heterocycles. The fraction of sp³-hybridized carbons (Fsp3) is 0.588. The van der Waals surface area contributed by atoms with Gasteiger partial charge in [-0.25, -0.2) is 0 Å². The third-order valence-electron chi connectivity index (χ3n) is 4.48. The molecule has 1 saturated carbocycles. The molecular weight excluding hydrogens is 264 g/mol. The number of primary amides is 1. The molecule has 0 atom stereocenters. The standard InChI is InChI=1S/C17H26N2O2/c1-13-11-14(17(18)21)7-8-15(13)12-19(9-10-20)16-5-3-2-4-6-16/h7-8,11,16,20H,2-6,9-10,12H2,1H3,(H2,18,21). The lowest BCUT2D eigenvalue weighted by molar-refractivity contribution is 0.1000. The first kappa shape index (κ1) is 16.0. The summed E-state index contributed by atoms with van der Waals surface area (Å²) in [5, 5.41) is 9.33. The van der Waals surface area contributed by atoms with Crippen LogP contribution in [0.1, 0.15) is 53.6 Å². The van der Waals surface area contributed by atoms with Crippen molar-refractivity contribution < 1.29 is 9.90 Å². The van der Waals surface area contributed by atoms with Gasteiger partial charge in [-0.05, 0) is 43.0 Å². The van der Waals surface area contributed by atoms with E-state index in [4.69, 9.17) is 5.73 Å². The molecule has 116 valence electrons. The van der Waals surface area contributed by atoms with Crippen LogP contribution in [0, 0.1) is 6.92 Å². The molecule has 21 heavy (non-hydrogen) atoms. The third-order valence-corrected chi connectivity index (χ3v) is 4.48. The average Bonchev–Trinajstić information content (AvgIpc) is 2.49. The van der Waals surface area contributed by atoms with Gasteiger partial charge in [0.1, 0.15) is 0 Å². The molecule has 1 aromatic carbocycles. The Kier molecular flexibility index (Phi) is 5.76. The number of benzene rings is 1. The van der Waals surface area contributed by atoms with Gasteiger partial charge in [0.25, 0.3) is 0 Å². The topological polar surface area (TPSA) is 66.6 Å². The van der Waals surface area contributed by atoms with Gasteiger partial charge in [0, 0.05) is 24.7 Å². The van der Waals surface area contributed by atoms with Crippen molar-refractivity contribution in [1.29, 1.82) is 0 Å². The molecule has 1 aliphatic carbocycles. The van der Waals surface area contributed by atoms with Gasteiger partial charge < -0.3 is 10.8 Å². The minimum absolute atomic E-state index is 0.189. The van der Waals surface area contributed by atoms with Crippen LogP contribution in [0.5, 0.6) is 0 Å². The number of aliphatic hydroxyl groups excluding tert-OH is 1. The fourth-order valence-electron chi connectivity index (χ4n) is 3.21. The molecule has 3 N–H and O–H groups in total. The van der Waals surface area contributed by atoms with Gasteiger partial charge in [-0.1, -0.05) is 25.3 Å². The quantitative estimate of drug-likeness (QED) is 0.844. The van der Waals surface area contributed by atoms with Gasteiger partial charge in [0.15, 0.2) is 0 Å². The Balaban J connectivity index is 2.10. The number of nitrogens with zero attached hydrogens (tertiary/aromatic N) is 1. The van der Waals surface area contributed by atoms with Gasteiger partial charge in [-0.2, -0.15) is 0 Å². The molecule has 0 radical (unpaired) electrons. The van der Waals surface area contributed by atoms with Crippen molar-refractivity contribution in [3.63, 3.8) is 0 Å². The first-order valence-electron chi connectivity index (χ1n) is 7.86. The van der Waals surface area contributed by atoms with Crippen molar-refractivity contribution in [1.82, 2.24) is 4.90 Å². The predicted octanol–water partition coefficient (Wildman–Crippen LogP) is 2.22. The second-order valence-corrected chi connectivity index (χ2v) is 5.99. The Morgan fingerprint density at radius 1 is 1.33 bits per heavy atom. The summed E-state index contributed by atoms with van der Waals surface area (Å²) in [7, 11) is 0. The highest BCUT2D eigenvalue weighted by Gasteiger charge is 2.21. The lowest BCUT2D eigenvalue weighted by Crippen LogP contribution is -2.38. The zero-order valence-corrected chi connectivity index (χ0v) is 12.8. The molecule has 0 heterocycles. The van der Waals surface area contributed by atoms with E-state index in [9.17, 15) is 9.90 Å². The summed E-state index contributed by atoms with van der Waals surface area (Å²) in [4.78, 5) is 13.6. The second kappa shape index (κ2) is 7.57. The highest BCUT2D eigenvalue weighted by molar-refractivity contribution is 5.93. The van der Waals surface area contributed by atoms with Gasteiger partial charge in [0.05, 0.1) is 6.61 Å². The number of aryl methyl sites for hydroxylation is 1. The van der Waals surface area contributed by atoms with E-state index in [1.807, 2.05) is 19.1 Å². The molecule has 0 aromatic heterocycles. The lowest BCUT2D eigenvalue weighted by atomic mass is 9.93. The zero-order valence-electron chi connectivity index (χ0n) is 12.8. The summed E-state index contributed by atoms with van der Waals surface area (Å²) in [6.07, 6.45) is 6.34. The Morgan fingerprint density at radius 2 is 2.05 bits per heavy atom. The summed E-state index contributed by atoms with van der Waals surface area (Å²) >= 11 is 0. The minimum atomic E-state index is -0.385. The van der Waals surface area contributed by atoms with Crippen molar-refractivity contribution in [2.24, 2.45) is 5.73 Å². The van der Waals surface area contributed by atoms with Crippen molar-refractivity contribution in [2.45, 2.75) is 51.6 Å². The monoisotopic (exact) mass is 290 g/mol. The number of rotatable bonds is 6. The Labute approximate surface area is 126 Å². The number of aliphatic hydroxyl groups is 1. The van der Waals surface area contributed by atoms with Gasteiger partial charge >= 0.3 is 0 Å². The molecule has 0 spiro atoms. The number of hydrogen-bond acceptors (Lipinski definition) is 3. The highest BCUT2D eigenvalue weighted by atomic mass is 16.3. The first-order chi connectivity index (χ1) is 10.1. The molecule has 1 aromatic rings. The van der Waals surface area contributed by atoms with Gasteiger partial charge in [-0.3, -0.25) is 9.69 Å². The maximum absolute atomic E-state index is 11.2. The molecule has 2 rings (SSSR count). The maximum Gasteiger partial charge on any atom is 0.248 e. The van der Waals surface area contributed by atoms with E-state index >= 15 is 0 Å². The molecule has 0 unspecified atom stereocenters. The highest BCUT2D eigenvalue weighted by Crippen LogP contribution is 2.24. The van der Waals surface area contributed by atoms with Crippen molar-refractivity contribution in [2.75, 3.05) is 13.2 Å². The molecule has 0 aliphatic heterocycles. The van der Waals surface area contributed by atoms with Crippen molar-refractivity contribution in [3.8, 4) is 0 Å². The molecule has 4 nitrogen and oxygen atoms in total. The molecule has 1 fully saturated rings. The van der Waals surface area contributed by atoms with Crippen LogP contribution in [0.25, 0.3) is 0 Å². The van der Waals surface area contributed by atoms with Crippen LogP contribution in [-0.4, -0.2) is 35.1 Å². The van der Waals surface area contributed by atoms with E-state index in [0.29, 0.717) is 18.2 Å². The summed E-state index contributed by atoms with van der Waals surface area (Å²) in [6.45, 7) is 3.74. The van der Waals surface area contributed by atoms with Crippen LogP contribution in [0.2, 0.25) is 0 Å². The number of carbonyl (C=O) groups is 1. The van der Waals surface area contributed by atoms with Crippen LogP contribution in [-0.2, 0) is 6.54 Å². The Bertz CT molecular complexity index is 482. The molecule has 1 aliphatic rings. The molecule has 1 amide bonds. The van der Waals surface area contributed by atoms with E-state index in [2.05, 4.69) is 4.90 Å². The SMILES string of the molecule is Cc1cc(C(N)=O)ccc1CN(CCO)C1CCCCC1. The van der Waals surface area contributed by atoms with E-state index < -0.39 is 0 Å². The number of nitrogens with two attached hydrogens (primary N) is 1. The fourth-order valence-corrected chi connectivity index (χ4v) is 3.21. The molecular formula is C17H26N2O2. The number of amides is 1. The van der Waals surface area contributed by atoms with Crippen LogP contribution < -0.4 is 5.73 Å². The van der Waals surface area contributed by atoms with Crippen LogP contribution >= 0.6 is 0 Å². The maximum atomic E-state index is 11.2. The van der Waals surface area contributed by atoms with E-state index in [0.717, 1.165) is 12.1 Å². The average molecular weight is 290 g/mol. The smallest absolute Gasteiger partial charge is 0.248 e. The Morgan fingerprint density at radius 3 is 2.62 bits per heavy atom. The normalized spacial score (nSPS) is 16.3. The molecule has 4 heteroatoms. The third kappa shape index (κ3) is 4.29. The van der Waals surface area contributed by atoms with Gasteiger partial charge in [-0.15, -0.1) is 0 Å². The minimum Gasteiger partial charge on any atom is -0.395 e. The largest absolute Gasteiger partial charge is 0.395 e. The van der Waals surface area contributed by atoms with Crippen LogP contribution in [0.4, 0.5) is 0 Å². The lowest BCUT2D eigenvalue weighted by Gasteiger charge is -2.34. The summed E-state index contributed by atoms with van der Waals surface area (Å²) in [6, 6.07) is 6.21. The van der Waals surface area contributed by atoms with E-state index in [1.54, 1.807) is 6.07 Å². The second-order valence-electron chi connectivity index (χ2n) is 5.99. The number of carbonyl (C=O) groups excluding carboxylic acids is 1. The number of hydrogen-bond donors (Lipinski definition) is 2. The van der Waals surface area contributed by atoms with Crippen LogP contribution in [0.3, 0.4) is 0 Å². The predicted molar refractivity (Wildman–Crippen MR) is 84.1 cm³/mol. The van der Waals surface area contributed by atoms with Gasteiger partial charge in [0.2, 0.25) is 5.91 Å². The van der Waals surface area contributed by atoms with E-state index in [-0.39, 0.29) is 12.5 Å². The van der Waals surface area contributed by atoms with E-state index in [1.165, 1.54) is 37.7 Å². The van der Waals surface area contributed by atoms with Crippen molar-refractivity contribution >= 4 is 5.91 Å². The van der Waals surface area contributed by atoms with Crippen molar-refractivity contribution in [3.05, 3.63) is 34.9 Å². The summed E-state index contributed by atoms with van der Waals surface area (Å²) in [5.74, 6) is -0.385. The Hall–Kier alpha value is -1.39. The summed E-state index contributed by atoms with van der Waals surface area (Å²) < 4.78 is 0. The summed E-state index contributed by atoms with van der Waals surface area (Å²) in [5.41, 5.74) is 8.17. The molecule has 0 bridgehead atoms. The zero-order chi connectivity index (χ0) is 15.2. The van der Waals surface area contributed by atoms with Crippen LogP contribution in [0.15, 0.2) is 18.2 Å². The first-order valence-corrected chi connectivity index (χ1v) is 7.86.